The maximum atomic E-state index is 12.7. The number of carbonyl (C=O) groups is 1. The van der Waals surface area contributed by atoms with Gasteiger partial charge in [0, 0.05) is 12.2 Å². The zero-order valence-corrected chi connectivity index (χ0v) is 19.9. The van der Waals surface area contributed by atoms with Crippen LogP contribution in [0.25, 0.3) is 11.1 Å². The van der Waals surface area contributed by atoms with Gasteiger partial charge in [0.25, 0.3) is 0 Å². The number of hydrogen-bond donors (Lipinski definition) is 0. The minimum atomic E-state index is -0.241. The summed E-state index contributed by atoms with van der Waals surface area (Å²) in [4.78, 5) is 15.0. The number of ether oxygens (including phenoxy) is 1. The standard InChI is InChI=1S/C28H31NO2.ClH/c1-28(2,3)24-17-15-22(16-18-24)21-11-13-23(14-12-21)27(30)31-26-10-7-19-29(20-26)25-8-5-4-6-9-25;/h4-6,8-9,11-18,26H,7,10,19-20H2,1-3H3;1H. The summed E-state index contributed by atoms with van der Waals surface area (Å²) in [6.07, 6.45) is 1.86. The molecule has 1 fully saturated rings. The van der Waals surface area contributed by atoms with Gasteiger partial charge in [-0.2, -0.15) is 0 Å². The first-order valence-corrected chi connectivity index (χ1v) is 11.1. The number of piperidine rings is 1. The first-order valence-electron chi connectivity index (χ1n) is 11.1. The minimum absolute atomic E-state index is 0. The second-order valence-electron chi connectivity index (χ2n) is 9.36. The Morgan fingerprint density at radius 2 is 1.47 bits per heavy atom. The van der Waals surface area contributed by atoms with Crippen LogP contribution < -0.4 is 4.90 Å². The molecule has 0 bridgehead atoms. The van der Waals surface area contributed by atoms with Crippen LogP contribution in [0.15, 0.2) is 78.9 Å². The average Bonchev–Trinajstić information content (AvgIpc) is 2.79. The van der Waals surface area contributed by atoms with E-state index in [1.54, 1.807) is 0 Å². The fourth-order valence-corrected chi connectivity index (χ4v) is 4.09. The van der Waals surface area contributed by atoms with Crippen molar-refractivity contribution in [2.75, 3.05) is 18.0 Å². The molecule has 3 nitrogen and oxygen atoms in total. The highest BCUT2D eigenvalue weighted by Crippen LogP contribution is 2.27. The molecular weight excluding hydrogens is 418 g/mol. The highest BCUT2D eigenvalue weighted by molar-refractivity contribution is 5.90. The van der Waals surface area contributed by atoms with Gasteiger partial charge in [0.15, 0.2) is 0 Å². The van der Waals surface area contributed by atoms with Crippen molar-refractivity contribution in [3.8, 4) is 11.1 Å². The summed E-state index contributed by atoms with van der Waals surface area (Å²) in [6, 6.07) is 26.7. The van der Waals surface area contributed by atoms with Crippen molar-refractivity contribution in [2.45, 2.75) is 45.1 Å². The minimum Gasteiger partial charge on any atom is -0.457 e. The molecule has 1 unspecified atom stereocenters. The Morgan fingerprint density at radius 1 is 0.875 bits per heavy atom. The summed E-state index contributed by atoms with van der Waals surface area (Å²) in [5, 5.41) is 0. The summed E-state index contributed by atoms with van der Waals surface area (Å²) in [5.41, 5.74) is 5.50. The van der Waals surface area contributed by atoms with Gasteiger partial charge in [0.1, 0.15) is 6.10 Å². The first-order chi connectivity index (χ1) is 14.9. The summed E-state index contributed by atoms with van der Waals surface area (Å²) < 4.78 is 5.85. The molecule has 0 saturated carbocycles. The van der Waals surface area contributed by atoms with E-state index in [0.717, 1.165) is 37.1 Å². The summed E-state index contributed by atoms with van der Waals surface area (Å²) in [5.74, 6) is -0.241. The van der Waals surface area contributed by atoms with Gasteiger partial charge in [-0.25, -0.2) is 4.79 Å². The molecule has 0 N–H and O–H groups in total. The van der Waals surface area contributed by atoms with Gasteiger partial charge in [-0.15, -0.1) is 12.4 Å². The van der Waals surface area contributed by atoms with E-state index in [9.17, 15) is 4.79 Å². The number of rotatable bonds is 4. The van der Waals surface area contributed by atoms with E-state index in [-0.39, 0.29) is 29.9 Å². The van der Waals surface area contributed by atoms with Gasteiger partial charge in [-0.1, -0.05) is 75.4 Å². The highest BCUT2D eigenvalue weighted by Gasteiger charge is 2.24. The molecule has 0 aromatic heterocycles. The maximum Gasteiger partial charge on any atom is 0.338 e. The Bertz CT molecular complexity index is 1010. The zero-order valence-electron chi connectivity index (χ0n) is 19.1. The van der Waals surface area contributed by atoms with Gasteiger partial charge in [0.2, 0.25) is 0 Å². The van der Waals surface area contributed by atoms with E-state index in [1.165, 1.54) is 11.3 Å². The number of anilines is 1. The number of carbonyl (C=O) groups excluding carboxylic acids is 1. The molecule has 0 radical (unpaired) electrons. The fraction of sp³-hybridized carbons (Fsp3) is 0.321. The van der Waals surface area contributed by atoms with Gasteiger partial charge < -0.3 is 9.64 Å². The Kier molecular flexibility index (Phi) is 7.63. The van der Waals surface area contributed by atoms with E-state index < -0.39 is 0 Å². The normalized spacial score (nSPS) is 16.2. The van der Waals surface area contributed by atoms with Gasteiger partial charge >= 0.3 is 5.97 Å². The average molecular weight is 450 g/mol. The molecule has 1 saturated heterocycles. The number of halogens is 1. The maximum absolute atomic E-state index is 12.7. The predicted octanol–water partition coefficient (Wildman–Crippen LogP) is 6.90. The monoisotopic (exact) mass is 449 g/mol. The van der Waals surface area contributed by atoms with Crippen LogP contribution in [-0.2, 0) is 10.2 Å². The van der Waals surface area contributed by atoms with E-state index in [4.69, 9.17) is 4.74 Å². The lowest BCUT2D eigenvalue weighted by atomic mass is 9.86. The number of hydrogen-bond acceptors (Lipinski definition) is 3. The lowest BCUT2D eigenvalue weighted by Crippen LogP contribution is -2.40. The van der Waals surface area contributed by atoms with Gasteiger partial charge in [0.05, 0.1) is 12.1 Å². The van der Waals surface area contributed by atoms with Crippen LogP contribution in [0.5, 0.6) is 0 Å². The van der Waals surface area contributed by atoms with Crippen LogP contribution in [-0.4, -0.2) is 25.2 Å². The van der Waals surface area contributed by atoms with Crippen molar-refractivity contribution in [1.29, 1.82) is 0 Å². The summed E-state index contributed by atoms with van der Waals surface area (Å²) in [6.45, 7) is 8.39. The number of esters is 1. The van der Waals surface area contributed by atoms with Gasteiger partial charge in [-0.3, -0.25) is 0 Å². The third-order valence-electron chi connectivity index (χ3n) is 5.98. The molecule has 1 aliphatic rings. The van der Waals surface area contributed by atoms with Crippen molar-refractivity contribution in [3.05, 3.63) is 90.0 Å². The summed E-state index contributed by atoms with van der Waals surface area (Å²) >= 11 is 0. The van der Waals surface area contributed by atoms with Crippen molar-refractivity contribution < 1.29 is 9.53 Å². The predicted molar refractivity (Wildman–Crippen MR) is 135 cm³/mol. The molecule has 0 aliphatic carbocycles. The quantitative estimate of drug-likeness (QED) is 0.406. The Hall–Kier alpha value is -2.78. The molecule has 0 amide bonds. The number of para-hydroxylation sites is 1. The van der Waals surface area contributed by atoms with Crippen LogP contribution in [0.2, 0.25) is 0 Å². The molecular formula is C28H32ClNO2. The first kappa shape index (κ1) is 23.9. The van der Waals surface area contributed by atoms with Crippen LogP contribution in [0.4, 0.5) is 5.69 Å². The molecule has 1 aliphatic heterocycles. The van der Waals surface area contributed by atoms with Crippen LogP contribution >= 0.6 is 12.4 Å². The topological polar surface area (TPSA) is 29.5 Å². The Labute approximate surface area is 197 Å². The molecule has 4 heteroatoms. The second-order valence-corrected chi connectivity index (χ2v) is 9.36. The number of nitrogens with zero attached hydrogens (tertiary/aromatic N) is 1. The Balaban J connectivity index is 0.00000289. The van der Waals surface area contributed by atoms with Crippen molar-refractivity contribution in [2.24, 2.45) is 0 Å². The molecule has 168 valence electrons. The molecule has 1 heterocycles. The van der Waals surface area contributed by atoms with Crippen molar-refractivity contribution >= 4 is 24.1 Å². The van der Waals surface area contributed by atoms with E-state index in [1.807, 2.05) is 42.5 Å². The third-order valence-corrected chi connectivity index (χ3v) is 5.98. The number of benzene rings is 3. The SMILES string of the molecule is CC(C)(C)c1ccc(-c2ccc(C(=O)OC3CCCN(c4ccccc4)C3)cc2)cc1.Cl. The lowest BCUT2D eigenvalue weighted by molar-refractivity contribution is 0.0270. The van der Waals surface area contributed by atoms with Crippen molar-refractivity contribution in [1.82, 2.24) is 0 Å². The summed E-state index contributed by atoms with van der Waals surface area (Å²) in [7, 11) is 0. The van der Waals surface area contributed by atoms with Crippen molar-refractivity contribution in [3.63, 3.8) is 0 Å². The van der Waals surface area contributed by atoms with E-state index in [0.29, 0.717) is 5.56 Å². The molecule has 4 rings (SSSR count). The molecule has 3 aromatic carbocycles. The lowest BCUT2D eigenvalue weighted by Gasteiger charge is -2.34. The van der Waals surface area contributed by atoms with Crippen LogP contribution in [0.3, 0.4) is 0 Å². The molecule has 1 atom stereocenters. The van der Waals surface area contributed by atoms with Crippen LogP contribution in [0, 0.1) is 0 Å². The zero-order chi connectivity index (χ0) is 21.8. The Morgan fingerprint density at radius 3 is 2.06 bits per heavy atom. The largest absolute Gasteiger partial charge is 0.457 e. The van der Waals surface area contributed by atoms with Gasteiger partial charge in [-0.05, 0) is 59.2 Å². The molecule has 32 heavy (non-hydrogen) atoms. The highest BCUT2D eigenvalue weighted by atomic mass is 35.5. The smallest absolute Gasteiger partial charge is 0.338 e. The third kappa shape index (κ3) is 5.72. The van der Waals surface area contributed by atoms with E-state index in [2.05, 4.69) is 62.1 Å². The molecule has 3 aromatic rings. The fourth-order valence-electron chi connectivity index (χ4n) is 4.09. The second kappa shape index (κ2) is 10.2. The van der Waals surface area contributed by atoms with Crippen LogP contribution in [0.1, 0.15) is 49.5 Å². The molecule has 0 spiro atoms. The van der Waals surface area contributed by atoms with E-state index >= 15 is 0 Å².